The number of hydrogen-bond acceptors (Lipinski definition) is 4. The van der Waals surface area contributed by atoms with Gasteiger partial charge in [-0.15, -0.1) is 0 Å². The third-order valence-corrected chi connectivity index (χ3v) is 2.27. The van der Waals surface area contributed by atoms with Crippen LogP contribution in [0.5, 0.6) is 0 Å². The summed E-state index contributed by atoms with van der Waals surface area (Å²) in [4.78, 5) is 22.9. The maximum atomic E-state index is 11.6. The molecule has 0 saturated carbocycles. The SMILES string of the molecule is CCOCCC(=O)CC(=O)C(C)(C)OC. The normalized spacial score (nSPS) is 11.5. The molecule has 0 aliphatic carbocycles. The number of hydrogen-bond donors (Lipinski definition) is 0. The molecule has 0 spiro atoms. The van der Waals surface area contributed by atoms with E-state index < -0.39 is 5.60 Å². The van der Waals surface area contributed by atoms with Crippen LogP contribution in [0.1, 0.15) is 33.6 Å². The lowest BCUT2D eigenvalue weighted by molar-refractivity contribution is -0.140. The second kappa shape index (κ2) is 6.69. The first-order valence-corrected chi connectivity index (χ1v) is 5.12. The Labute approximate surface area is 90.9 Å². The molecule has 0 radical (unpaired) electrons. The van der Waals surface area contributed by atoms with Crippen molar-refractivity contribution in [3.63, 3.8) is 0 Å². The van der Waals surface area contributed by atoms with Gasteiger partial charge in [-0.3, -0.25) is 9.59 Å². The highest BCUT2D eigenvalue weighted by Gasteiger charge is 2.28. The number of ether oxygens (including phenoxy) is 2. The highest BCUT2D eigenvalue weighted by molar-refractivity contribution is 6.02. The molecule has 88 valence electrons. The van der Waals surface area contributed by atoms with Gasteiger partial charge in [-0.2, -0.15) is 0 Å². The van der Waals surface area contributed by atoms with E-state index in [1.54, 1.807) is 13.8 Å². The first-order valence-electron chi connectivity index (χ1n) is 5.12. The van der Waals surface area contributed by atoms with Crippen molar-refractivity contribution in [2.75, 3.05) is 20.3 Å². The highest BCUT2D eigenvalue weighted by Crippen LogP contribution is 2.12. The van der Waals surface area contributed by atoms with Crippen molar-refractivity contribution in [3.05, 3.63) is 0 Å². The Kier molecular flexibility index (Phi) is 6.36. The number of methoxy groups -OCH3 is 1. The lowest BCUT2D eigenvalue weighted by Crippen LogP contribution is -2.35. The Morgan fingerprint density at radius 2 is 1.87 bits per heavy atom. The molecule has 0 bridgehead atoms. The minimum absolute atomic E-state index is 0.0755. The molecule has 4 heteroatoms. The number of carbonyl (C=O) groups excluding carboxylic acids is 2. The molecule has 0 aromatic rings. The first kappa shape index (κ1) is 14.3. The van der Waals surface area contributed by atoms with Crippen LogP contribution in [-0.2, 0) is 19.1 Å². The van der Waals surface area contributed by atoms with Gasteiger partial charge in [-0.25, -0.2) is 0 Å². The second-order valence-electron chi connectivity index (χ2n) is 3.80. The monoisotopic (exact) mass is 216 g/mol. The molecule has 0 aromatic heterocycles. The summed E-state index contributed by atoms with van der Waals surface area (Å²) in [5.41, 5.74) is -0.874. The molecule has 0 aromatic carbocycles. The van der Waals surface area contributed by atoms with Crippen LogP contribution in [0, 0.1) is 0 Å². The molecular weight excluding hydrogens is 196 g/mol. The van der Waals surface area contributed by atoms with Gasteiger partial charge in [0.15, 0.2) is 5.78 Å². The van der Waals surface area contributed by atoms with Crippen molar-refractivity contribution in [1.82, 2.24) is 0 Å². The fraction of sp³-hybridized carbons (Fsp3) is 0.818. The van der Waals surface area contributed by atoms with Gasteiger partial charge in [0.2, 0.25) is 0 Å². The van der Waals surface area contributed by atoms with Crippen LogP contribution in [0.3, 0.4) is 0 Å². The van der Waals surface area contributed by atoms with Crippen LogP contribution in [0.2, 0.25) is 0 Å². The van der Waals surface area contributed by atoms with Crippen LogP contribution in [0.25, 0.3) is 0 Å². The minimum Gasteiger partial charge on any atom is -0.381 e. The van der Waals surface area contributed by atoms with Crippen molar-refractivity contribution in [3.8, 4) is 0 Å². The highest BCUT2D eigenvalue weighted by atomic mass is 16.5. The van der Waals surface area contributed by atoms with E-state index in [1.807, 2.05) is 6.92 Å². The third-order valence-electron chi connectivity index (χ3n) is 2.27. The van der Waals surface area contributed by atoms with Crippen LogP contribution in [-0.4, -0.2) is 37.5 Å². The maximum Gasteiger partial charge on any atom is 0.171 e. The molecule has 0 N–H and O–H groups in total. The predicted octanol–water partition coefficient (Wildman–Crippen LogP) is 1.37. The fourth-order valence-corrected chi connectivity index (χ4v) is 0.925. The summed E-state index contributed by atoms with van der Waals surface area (Å²) in [6.07, 6.45) is 0.216. The van der Waals surface area contributed by atoms with Gasteiger partial charge >= 0.3 is 0 Å². The number of ketones is 2. The first-order chi connectivity index (χ1) is 6.94. The summed E-state index contributed by atoms with van der Waals surface area (Å²) in [5.74, 6) is -0.287. The quantitative estimate of drug-likeness (QED) is 0.454. The largest absolute Gasteiger partial charge is 0.381 e. The Morgan fingerprint density at radius 1 is 1.27 bits per heavy atom. The van der Waals surface area contributed by atoms with E-state index in [4.69, 9.17) is 9.47 Å². The lowest BCUT2D eigenvalue weighted by Gasteiger charge is -2.20. The summed E-state index contributed by atoms with van der Waals surface area (Å²) in [6, 6.07) is 0. The average molecular weight is 216 g/mol. The number of carbonyl (C=O) groups is 2. The Hall–Kier alpha value is -0.740. The zero-order valence-electron chi connectivity index (χ0n) is 9.96. The lowest BCUT2D eigenvalue weighted by atomic mass is 9.98. The van der Waals surface area contributed by atoms with Crippen molar-refractivity contribution in [2.24, 2.45) is 0 Å². The van der Waals surface area contributed by atoms with E-state index in [2.05, 4.69) is 0 Å². The zero-order chi connectivity index (χ0) is 11.9. The number of rotatable bonds is 8. The zero-order valence-corrected chi connectivity index (χ0v) is 9.96. The van der Waals surface area contributed by atoms with Crippen LogP contribution in [0.4, 0.5) is 0 Å². The minimum atomic E-state index is -0.874. The Balaban J connectivity index is 3.92. The van der Waals surface area contributed by atoms with Gasteiger partial charge in [0.1, 0.15) is 11.4 Å². The van der Waals surface area contributed by atoms with Gasteiger partial charge in [-0.1, -0.05) is 0 Å². The van der Waals surface area contributed by atoms with Gasteiger partial charge in [-0.05, 0) is 20.8 Å². The Morgan fingerprint density at radius 3 is 2.33 bits per heavy atom. The van der Waals surface area contributed by atoms with E-state index in [9.17, 15) is 9.59 Å². The molecule has 0 fully saturated rings. The molecule has 0 amide bonds. The molecular formula is C11H20O4. The average Bonchev–Trinajstić information content (AvgIpc) is 2.18. The van der Waals surface area contributed by atoms with Gasteiger partial charge in [0, 0.05) is 20.1 Å². The van der Waals surface area contributed by atoms with E-state index in [0.29, 0.717) is 19.6 Å². The standard InChI is InChI=1S/C11H20O4/c1-5-15-7-6-9(12)8-10(13)11(2,3)14-4/h5-8H2,1-4H3. The molecule has 0 saturated heterocycles. The van der Waals surface area contributed by atoms with Crippen molar-refractivity contribution >= 4 is 11.6 Å². The molecule has 0 heterocycles. The summed E-state index contributed by atoms with van der Waals surface area (Å²) < 4.78 is 10.0. The third kappa shape index (κ3) is 5.64. The molecule has 0 aliphatic heterocycles. The summed E-state index contributed by atoms with van der Waals surface area (Å²) in [5, 5.41) is 0. The number of Topliss-reactive ketones (excluding diaryl/α,β-unsaturated/α-hetero) is 2. The summed E-state index contributed by atoms with van der Waals surface area (Å²) >= 11 is 0. The summed E-state index contributed by atoms with van der Waals surface area (Å²) in [6.45, 7) is 6.15. The van der Waals surface area contributed by atoms with Crippen molar-refractivity contribution < 1.29 is 19.1 Å². The molecule has 0 atom stereocenters. The van der Waals surface area contributed by atoms with E-state index >= 15 is 0 Å². The molecule has 0 rings (SSSR count). The van der Waals surface area contributed by atoms with Crippen LogP contribution >= 0.6 is 0 Å². The maximum absolute atomic E-state index is 11.6. The van der Waals surface area contributed by atoms with E-state index in [-0.39, 0.29) is 18.0 Å². The van der Waals surface area contributed by atoms with Crippen LogP contribution in [0.15, 0.2) is 0 Å². The molecule has 15 heavy (non-hydrogen) atoms. The van der Waals surface area contributed by atoms with Crippen molar-refractivity contribution in [1.29, 1.82) is 0 Å². The van der Waals surface area contributed by atoms with Gasteiger partial charge < -0.3 is 9.47 Å². The van der Waals surface area contributed by atoms with Crippen molar-refractivity contribution in [2.45, 2.75) is 39.2 Å². The van der Waals surface area contributed by atoms with Gasteiger partial charge in [0.05, 0.1) is 13.0 Å². The Bertz CT molecular complexity index is 221. The molecule has 4 nitrogen and oxygen atoms in total. The predicted molar refractivity (Wildman–Crippen MR) is 56.8 cm³/mol. The van der Waals surface area contributed by atoms with E-state index in [1.165, 1.54) is 7.11 Å². The smallest absolute Gasteiger partial charge is 0.171 e. The van der Waals surface area contributed by atoms with Crippen LogP contribution < -0.4 is 0 Å². The summed E-state index contributed by atoms with van der Waals surface area (Å²) in [7, 11) is 1.46. The van der Waals surface area contributed by atoms with Gasteiger partial charge in [0.25, 0.3) is 0 Å². The van der Waals surface area contributed by atoms with E-state index in [0.717, 1.165) is 0 Å². The molecule has 0 unspecified atom stereocenters. The fourth-order valence-electron chi connectivity index (χ4n) is 0.925. The topological polar surface area (TPSA) is 52.6 Å². The molecule has 0 aliphatic rings. The second-order valence-corrected chi connectivity index (χ2v) is 3.80.